The normalized spacial score (nSPS) is 13.2. The van der Waals surface area contributed by atoms with E-state index >= 15 is 0 Å². The summed E-state index contributed by atoms with van der Waals surface area (Å²) in [5, 5.41) is 2.47. The van der Waals surface area contributed by atoms with E-state index in [2.05, 4.69) is 170 Å². The first kappa shape index (κ1) is 35.0. The Kier molecular flexibility index (Phi) is 8.57. The zero-order chi connectivity index (χ0) is 39.2. The highest BCUT2D eigenvalue weighted by atomic mass is 15.0. The van der Waals surface area contributed by atoms with Gasteiger partial charge >= 0.3 is 0 Å². The van der Waals surface area contributed by atoms with Gasteiger partial charge in [0.05, 0.1) is 11.0 Å². The van der Waals surface area contributed by atoms with Gasteiger partial charge in [0, 0.05) is 45.4 Å². The Labute approximate surface area is 338 Å². The molecule has 0 spiro atoms. The van der Waals surface area contributed by atoms with Crippen molar-refractivity contribution in [3.8, 4) is 50.7 Å². The SMILES string of the molecule is C=C/C=C(\C=C\c1nc(-c2ccc(-c3ccc4c5ccccc5n(-c5ccccc5)c4c3)cc2)nc(-c2cccc3c2-c2ccccc2C3(C)C)n1)c1cccnc1. The lowest BCUT2D eigenvalue weighted by Gasteiger charge is -2.21. The summed E-state index contributed by atoms with van der Waals surface area (Å²) in [7, 11) is 0. The average Bonchev–Trinajstić information content (AvgIpc) is 3.73. The molecule has 1 aliphatic carbocycles. The number of hydrogen-bond acceptors (Lipinski definition) is 4. The number of allylic oxidation sites excluding steroid dienone is 4. The Bertz CT molecular complexity index is 3080. The number of fused-ring (bicyclic) bond motifs is 6. The molecule has 0 N–H and O–H groups in total. The average molecular weight is 746 g/mol. The zero-order valence-corrected chi connectivity index (χ0v) is 32.3. The van der Waals surface area contributed by atoms with Crippen molar-refractivity contribution in [2.45, 2.75) is 19.3 Å². The third kappa shape index (κ3) is 5.96. The molecule has 3 heterocycles. The molecule has 9 aromatic rings. The second-order valence-electron chi connectivity index (χ2n) is 15.2. The van der Waals surface area contributed by atoms with Gasteiger partial charge in [-0.3, -0.25) is 4.98 Å². The van der Waals surface area contributed by atoms with Crippen LogP contribution in [0.1, 0.15) is 36.4 Å². The largest absolute Gasteiger partial charge is 0.309 e. The first-order chi connectivity index (χ1) is 28.5. The van der Waals surface area contributed by atoms with Crippen LogP contribution in [-0.2, 0) is 5.41 Å². The predicted octanol–water partition coefficient (Wildman–Crippen LogP) is 13.0. The molecule has 1 aliphatic rings. The van der Waals surface area contributed by atoms with Crippen LogP contribution in [0.4, 0.5) is 0 Å². The number of nitrogens with zero attached hydrogens (tertiary/aromatic N) is 5. The van der Waals surface area contributed by atoms with Crippen LogP contribution in [-0.4, -0.2) is 24.5 Å². The maximum atomic E-state index is 5.21. The zero-order valence-electron chi connectivity index (χ0n) is 32.3. The van der Waals surface area contributed by atoms with Gasteiger partial charge < -0.3 is 4.57 Å². The molecule has 0 amide bonds. The van der Waals surface area contributed by atoms with Gasteiger partial charge in [0.2, 0.25) is 0 Å². The number of para-hydroxylation sites is 2. The minimum Gasteiger partial charge on any atom is -0.309 e. The van der Waals surface area contributed by atoms with Crippen molar-refractivity contribution in [2.75, 3.05) is 0 Å². The lowest BCUT2D eigenvalue weighted by molar-refractivity contribution is 0.660. The molecule has 0 saturated carbocycles. The molecule has 0 unspecified atom stereocenters. The first-order valence-corrected chi connectivity index (χ1v) is 19.6. The van der Waals surface area contributed by atoms with Crippen molar-refractivity contribution in [1.29, 1.82) is 0 Å². The number of pyridine rings is 1. The number of rotatable bonds is 8. The van der Waals surface area contributed by atoms with Crippen LogP contribution >= 0.6 is 0 Å². The summed E-state index contributed by atoms with van der Waals surface area (Å²) >= 11 is 0. The monoisotopic (exact) mass is 745 g/mol. The van der Waals surface area contributed by atoms with Gasteiger partial charge in [0.1, 0.15) is 0 Å². The van der Waals surface area contributed by atoms with Crippen LogP contribution in [0.2, 0.25) is 0 Å². The second kappa shape index (κ2) is 14.2. The Morgan fingerprint density at radius 3 is 2.14 bits per heavy atom. The van der Waals surface area contributed by atoms with E-state index in [0.29, 0.717) is 17.5 Å². The molecule has 0 saturated heterocycles. The number of benzene rings is 6. The minimum absolute atomic E-state index is 0.150. The molecular formula is C53H39N5. The van der Waals surface area contributed by atoms with Gasteiger partial charge in [-0.25, -0.2) is 15.0 Å². The van der Waals surface area contributed by atoms with E-state index in [1.807, 2.05) is 36.6 Å². The van der Waals surface area contributed by atoms with Crippen molar-refractivity contribution >= 4 is 33.5 Å². The van der Waals surface area contributed by atoms with Crippen LogP contribution in [0, 0.1) is 0 Å². The van der Waals surface area contributed by atoms with Crippen molar-refractivity contribution in [3.63, 3.8) is 0 Å². The molecule has 0 aliphatic heterocycles. The lowest BCUT2D eigenvalue weighted by Crippen LogP contribution is -2.14. The minimum atomic E-state index is -0.150. The van der Waals surface area contributed by atoms with Crippen molar-refractivity contribution < 1.29 is 0 Å². The first-order valence-electron chi connectivity index (χ1n) is 19.6. The van der Waals surface area contributed by atoms with E-state index in [-0.39, 0.29) is 5.41 Å². The molecule has 6 aromatic carbocycles. The highest BCUT2D eigenvalue weighted by Gasteiger charge is 2.37. The van der Waals surface area contributed by atoms with Gasteiger partial charge in [-0.05, 0) is 80.9 Å². The fraction of sp³-hybridized carbons (Fsp3) is 0.0566. The molecule has 58 heavy (non-hydrogen) atoms. The summed E-state index contributed by atoms with van der Waals surface area (Å²) < 4.78 is 2.35. The quantitative estimate of drug-likeness (QED) is 0.145. The lowest BCUT2D eigenvalue weighted by atomic mass is 9.82. The molecule has 3 aromatic heterocycles. The highest BCUT2D eigenvalue weighted by Crippen LogP contribution is 2.51. The fourth-order valence-corrected chi connectivity index (χ4v) is 8.55. The summed E-state index contributed by atoms with van der Waals surface area (Å²) in [5.74, 6) is 1.80. The van der Waals surface area contributed by atoms with E-state index in [0.717, 1.165) is 39.1 Å². The Hall–Kier alpha value is -7.50. The molecule has 5 nitrogen and oxygen atoms in total. The van der Waals surface area contributed by atoms with Gasteiger partial charge in [-0.15, -0.1) is 0 Å². The maximum absolute atomic E-state index is 5.21. The summed E-state index contributed by atoms with van der Waals surface area (Å²) in [6.45, 7) is 8.54. The molecule has 5 heteroatoms. The summed E-state index contributed by atoms with van der Waals surface area (Å²) in [6, 6.07) is 53.7. The molecule has 0 atom stereocenters. The molecule has 0 radical (unpaired) electrons. The molecule has 0 fully saturated rings. The third-order valence-corrected chi connectivity index (χ3v) is 11.4. The van der Waals surface area contributed by atoms with E-state index < -0.39 is 0 Å². The van der Waals surface area contributed by atoms with Gasteiger partial charge in [0.15, 0.2) is 17.5 Å². The summed E-state index contributed by atoms with van der Waals surface area (Å²) in [6.07, 6.45) is 11.3. The second-order valence-corrected chi connectivity index (χ2v) is 15.2. The van der Waals surface area contributed by atoms with Crippen LogP contribution in [0.15, 0.2) is 189 Å². The topological polar surface area (TPSA) is 56.5 Å². The third-order valence-electron chi connectivity index (χ3n) is 11.4. The van der Waals surface area contributed by atoms with Crippen molar-refractivity contribution in [1.82, 2.24) is 24.5 Å². The highest BCUT2D eigenvalue weighted by molar-refractivity contribution is 6.10. The smallest absolute Gasteiger partial charge is 0.164 e. The van der Waals surface area contributed by atoms with E-state index in [1.165, 1.54) is 44.1 Å². The Morgan fingerprint density at radius 1 is 0.603 bits per heavy atom. The van der Waals surface area contributed by atoms with Crippen molar-refractivity contribution in [2.24, 2.45) is 0 Å². The Morgan fingerprint density at radius 2 is 1.31 bits per heavy atom. The molecular weight excluding hydrogens is 707 g/mol. The van der Waals surface area contributed by atoms with Gasteiger partial charge in [0.25, 0.3) is 0 Å². The molecule has 276 valence electrons. The van der Waals surface area contributed by atoms with Crippen molar-refractivity contribution in [3.05, 3.63) is 211 Å². The van der Waals surface area contributed by atoms with Crippen LogP contribution in [0.5, 0.6) is 0 Å². The van der Waals surface area contributed by atoms with Crippen LogP contribution in [0.25, 0.3) is 84.2 Å². The van der Waals surface area contributed by atoms with E-state index in [9.17, 15) is 0 Å². The summed E-state index contributed by atoms with van der Waals surface area (Å²) in [5.41, 5.74) is 14.4. The fourth-order valence-electron chi connectivity index (χ4n) is 8.55. The Balaban J connectivity index is 1.09. The molecule has 0 bridgehead atoms. The standard InChI is InChI=1S/C53H39N5/c1-4-14-35(39-15-13-32-54-34-39)29-31-49-55-51(57-52(56-49)44-20-12-22-46-50(44)43-19-8-10-21-45(43)53(46,2)3)37-26-24-36(25-27-37)38-28-30-42-41-18-9-11-23-47(41)58(48(42)33-38)40-16-6-5-7-17-40/h4-34H,1H2,2-3H3/b31-29+,35-14+. The molecule has 10 rings (SSSR count). The number of aromatic nitrogens is 5. The maximum Gasteiger partial charge on any atom is 0.164 e. The van der Waals surface area contributed by atoms with Gasteiger partial charge in [-0.2, -0.15) is 0 Å². The van der Waals surface area contributed by atoms with Gasteiger partial charge in [-0.1, -0.05) is 160 Å². The van der Waals surface area contributed by atoms with Crippen LogP contribution < -0.4 is 0 Å². The predicted molar refractivity (Wildman–Crippen MR) is 239 cm³/mol. The summed E-state index contributed by atoms with van der Waals surface area (Å²) in [4.78, 5) is 19.7. The number of hydrogen-bond donors (Lipinski definition) is 0. The van der Waals surface area contributed by atoms with Crippen LogP contribution in [0.3, 0.4) is 0 Å². The van der Waals surface area contributed by atoms with E-state index in [1.54, 1.807) is 12.3 Å². The van der Waals surface area contributed by atoms with E-state index in [4.69, 9.17) is 15.0 Å².